The van der Waals surface area contributed by atoms with E-state index in [9.17, 15) is 4.79 Å². The lowest BCUT2D eigenvalue weighted by Crippen LogP contribution is -2.26. The zero-order valence-electron chi connectivity index (χ0n) is 15.5. The number of benzene rings is 2. The average molecular weight is 382 g/mol. The highest BCUT2D eigenvalue weighted by Crippen LogP contribution is 2.40. The molecule has 1 aliphatic heterocycles. The average Bonchev–Trinajstić information content (AvgIpc) is 3.11. The highest BCUT2D eigenvalue weighted by molar-refractivity contribution is 7.22. The van der Waals surface area contributed by atoms with Crippen LogP contribution >= 0.6 is 11.3 Å². The predicted molar refractivity (Wildman–Crippen MR) is 110 cm³/mol. The lowest BCUT2D eigenvalue weighted by atomic mass is 9.90. The summed E-state index contributed by atoms with van der Waals surface area (Å²) in [5, 5.41) is 6.97. The largest absolute Gasteiger partial charge is 0.494 e. The summed E-state index contributed by atoms with van der Waals surface area (Å²) in [4.78, 5) is 17.2. The SMILES string of the molecule is COc1ccc(C2CCNCC2)c2sc(NC(=O)c3ccc(C)cc3)nc12. The molecule has 1 saturated heterocycles. The van der Waals surface area contributed by atoms with E-state index in [2.05, 4.69) is 21.7 Å². The van der Waals surface area contributed by atoms with E-state index < -0.39 is 0 Å². The van der Waals surface area contributed by atoms with Gasteiger partial charge < -0.3 is 10.1 Å². The molecule has 0 bridgehead atoms. The van der Waals surface area contributed by atoms with Crippen molar-refractivity contribution in [3.8, 4) is 5.75 Å². The Hall–Kier alpha value is -2.44. The molecule has 0 radical (unpaired) electrons. The second-order valence-corrected chi connectivity index (χ2v) is 7.90. The monoisotopic (exact) mass is 381 g/mol. The highest BCUT2D eigenvalue weighted by Gasteiger charge is 2.22. The Morgan fingerprint density at radius 3 is 2.63 bits per heavy atom. The Balaban J connectivity index is 1.67. The maximum absolute atomic E-state index is 12.6. The fraction of sp³-hybridized carbons (Fsp3) is 0.333. The van der Waals surface area contributed by atoms with Crippen molar-refractivity contribution in [1.82, 2.24) is 10.3 Å². The van der Waals surface area contributed by atoms with E-state index in [0.717, 1.165) is 47.5 Å². The molecule has 2 heterocycles. The van der Waals surface area contributed by atoms with E-state index in [0.29, 0.717) is 16.6 Å². The Kier molecular flexibility index (Phi) is 5.09. The van der Waals surface area contributed by atoms with Crippen LogP contribution < -0.4 is 15.4 Å². The van der Waals surface area contributed by atoms with Gasteiger partial charge in [0.25, 0.3) is 5.91 Å². The lowest BCUT2D eigenvalue weighted by molar-refractivity contribution is 0.102. The highest BCUT2D eigenvalue weighted by atomic mass is 32.1. The Labute approximate surface area is 162 Å². The standard InChI is InChI=1S/C21H23N3O2S/c1-13-3-5-15(6-4-13)20(25)24-21-23-18-17(26-2)8-7-16(19(18)27-21)14-9-11-22-12-10-14/h3-8,14,22H,9-12H2,1-2H3,(H,23,24,25). The minimum atomic E-state index is -0.142. The Morgan fingerprint density at radius 2 is 1.93 bits per heavy atom. The normalized spacial score (nSPS) is 15.0. The third kappa shape index (κ3) is 3.68. The summed E-state index contributed by atoms with van der Waals surface area (Å²) in [7, 11) is 1.66. The molecular weight excluding hydrogens is 358 g/mol. The van der Waals surface area contributed by atoms with E-state index in [1.807, 2.05) is 37.3 Å². The van der Waals surface area contributed by atoms with Gasteiger partial charge in [-0.15, -0.1) is 0 Å². The second kappa shape index (κ2) is 7.66. The molecule has 1 aromatic heterocycles. The number of methoxy groups -OCH3 is 1. The number of nitrogens with one attached hydrogen (secondary N) is 2. The number of aromatic nitrogens is 1. The number of carbonyl (C=O) groups excluding carboxylic acids is 1. The molecule has 140 valence electrons. The van der Waals surface area contributed by atoms with Gasteiger partial charge in [0.1, 0.15) is 11.3 Å². The predicted octanol–water partition coefficient (Wildman–Crippen LogP) is 4.33. The first kappa shape index (κ1) is 17.9. The van der Waals surface area contributed by atoms with Gasteiger partial charge in [0.15, 0.2) is 5.13 Å². The van der Waals surface area contributed by atoms with Gasteiger partial charge in [-0.2, -0.15) is 0 Å². The molecule has 5 nitrogen and oxygen atoms in total. The molecule has 4 rings (SSSR count). The summed E-state index contributed by atoms with van der Waals surface area (Å²) in [5.41, 5.74) is 3.90. The van der Waals surface area contributed by atoms with Crippen molar-refractivity contribution in [3.63, 3.8) is 0 Å². The van der Waals surface area contributed by atoms with Crippen LogP contribution in [0, 0.1) is 6.92 Å². The third-order valence-corrected chi connectivity index (χ3v) is 6.09. The minimum absolute atomic E-state index is 0.142. The van der Waals surface area contributed by atoms with E-state index in [1.165, 1.54) is 16.9 Å². The van der Waals surface area contributed by atoms with Gasteiger partial charge in [0, 0.05) is 5.56 Å². The molecule has 0 spiro atoms. The quantitative estimate of drug-likeness (QED) is 0.706. The Morgan fingerprint density at radius 1 is 1.19 bits per heavy atom. The van der Waals surface area contributed by atoms with Crippen LogP contribution in [0.4, 0.5) is 5.13 Å². The number of ether oxygens (including phenoxy) is 1. The summed E-state index contributed by atoms with van der Waals surface area (Å²) in [5.74, 6) is 1.12. The molecule has 0 atom stereocenters. The summed E-state index contributed by atoms with van der Waals surface area (Å²) in [6.45, 7) is 4.08. The van der Waals surface area contributed by atoms with Gasteiger partial charge in [-0.25, -0.2) is 4.98 Å². The summed E-state index contributed by atoms with van der Waals surface area (Å²) in [6.07, 6.45) is 2.23. The molecule has 1 fully saturated rings. The van der Waals surface area contributed by atoms with Crippen LogP contribution in [0.5, 0.6) is 5.75 Å². The number of nitrogens with zero attached hydrogens (tertiary/aromatic N) is 1. The van der Waals surface area contributed by atoms with Crippen molar-refractivity contribution in [2.24, 2.45) is 0 Å². The zero-order chi connectivity index (χ0) is 18.8. The molecule has 0 aliphatic carbocycles. The lowest BCUT2D eigenvalue weighted by Gasteiger charge is -2.23. The van der Waals surface area contributed by atoms with Crippen molar-refractivity contribution in [1.29, 1.82) is 0 Å². The van der Waals surface area contributed by atoms with E-state index in [-0.39, 0.29) is 5.91 Å². The van der Waals surface area contributed by atoms with Gasteiger partial charge in [-0.1, -0.05) is 35.1 Å². The zero-order valence-corrected chi connectivity index (χ0v) is 16.4. The number of amides is 1. The van der Waals surface area contributed by atoms with Gasteiger partial charge >= 0.3 is 0 Å². The maximum atomic E-state index is 12.6. The molecule has 2 N–H and O–H groups in total. The molecule has 2 aromatic carbocycles. The van der Waals surface area contributed by atoms with Crippen LogP contribution in [0.15, 0.2) is 36.4 Å². The van der Waals surface area contributed by atoms with E-state index in [4.69, 9.17) is 4.74 Å². The van der Waals surface area contributed by atoms with Crippen molar-refractivity contribution in [3.05, 3.63) is 53.1 Å². The van der Waals surface area contributed by atoms with E-state index in [1.54, 1.807) is 7.11 Å². The minimum Gasteiger partial charge on any atom is -0.494 e. The van der Waals surface area contributed by atoms with Crippen LogP contribution in [0.25, 0.3) is 10.2 Å². The van der Waals surface area contributed by atoms with Crippen molar-refractivity contribution < 1.29 is 9.53 Å². The first-order valence-corrected chi connectivity index (χ1v) is 10.0. The van der Waals surface area contributed by atoms with Crippen LogP contribution in [0.3, 0.4) is 0 Å². The van der Waals surface area contributed by atoms with Crippen LogP contribution in [-0.4, -0.2) is 31.1 Å². The summed E-state index contributed by atoms with van der Waals surface area (Å²) < 4.78 is 6.62. The van der Waals surface area contributed by atoms with Crippen molar-refractivity contribution >= 4 is 32.6 Å². The number of hydrogen-bond acceptors (Lipinski definition) is 5. The number of hydrogen-bond donors (Lipinski definition) is 2. The fourth-order valence-corrected chi connectivity index (χ4v) is 4.62. The maximum Gasteiger partial charge on any atom is 0.257 e. The van der Waals surface area contributed by atoms with E-state index >= 15 is 0 Å². The molecule has 6 heteroatoms. The molecule has 0 unspecified atom stereocenters. The number of aryl methyl sites for hydroxylation is 1. The van der Waals surface area contributed by atoms with Gasteiger partial charge in [0.2, 0.25) is 0 Å². The van der Waals surface area contributed by atoms with Gasteiger partial charge in [-0.05, 0) is 62.5 Å². The smallest absolute Gasteiger partial charge is 0.257 e. The Bertz CT molecular complexity index is 959. The third-order valence-electron chi connectivity index (χ3n) is 5.07. The molecular formula is C21H23N3O2S. The molecule has 1 amide bonds. The first-order chi connectivity index (χ1) is 13.2. The number of carbonyl (C=O) groups is 1. The fourth-order valence-electron chi connectivity index (χ4n) is 3.55. The second-order valence-electron chi connectivity index (χ2n) is 6.90. The first-order valence-electron chi connectivity index (χ1n) is 9.22. The molecule has 27 heavy (non-hydrogen) atoms. The van der Waals surface area contributed by atoms with Gasteiger partial charge in [-0.3, -0.25) is 10.1 Å². The molecule has 3 aromatic rings. The number of anilines is 1. The van der Waals surface area contributed by atoms with Crippen molar-refractivity contribution in [2.75, 3.05) is 25.5 Å². The summed E-state index contributed by atoms with van der Waals surface area (Å²) >= 11 is 1.53. The van der Waals surface area contributed by atoms with Crippen LogP contribution in [0.2, 0.25) is 0 Å². The van der Waals surface area contributed by atoms with Crippen LogP contribution in [0.1, 0.15) is 40.2 Å². The summed E-state index contributed by atoms with van der Waals surface area (Å²) in [6, 6.07) is 11.7. The van der Waals surface area contributed by atoms with Crippen molar-refractivity contribution in [2.45, 2.75) is 25.7 Å². The molecule has 1 aliphatic rings. The number of piperidine rings is 1. The van der Waals surface area contributed by atoms with Crippen LogP contribution in [-0.2, 0) is 0 Å². The topological polar surface area (TPSA) is 63.2 Å². The molecule has 0 saturated carbocycles. The number of rotatable bonds is 4. The number of thiazole rings is 1. The number of fused-ring (bicyclic) bond motifs is 1. The van der Waals surface area contributed by atoms with Gasteiger partial charge in [0.05, 0.1) is 11.8 Å².